The zero-order valence-corrected chi connectivity index (χ0v) is 10.4. The van der Waals surface area contributed by atoms with Gasteiger partial charge in [0.2, 0.25) is 0 Å². The molecular formula is C14H9ClF2O2. The molecule has 98 valence electrons. The van der Waals surface area contributed by atoms with Crippen LogP contribution in [0.15, 0.2) is 36.4 Å². The van der Waals surface area contributed by atoms with Gasteiger partial charge in [-0.15, -0.1) is 0 Å². The summed E-state index contributed by atoms with van der Waals surface area (Å²) in [6, 6.07) is 8.29. The summed E-state index contributed by atoms with van der Waals surface area (Å²) in [5, 5.41) is 8.90. The molecule has 5 heteroatoms. The average molecular weight is 283 g/mol. The fourth-order valence-corrected chi connectivity index (χ4v) is 2.00. The average Bonchev–Trinajstić information content (AvgIpc) is 2.35. The van der Waals surface area contributed by atoms with E-state index < -0.39 is 17.6 Å². The Labute approximate surface area is 113 Å². The third-order valence-electron chi connectivity index (χ3n) is 2.66. The standard InChI is InChI=1S/C14H9ClF2O2/c15-11-6-8(4-5-9(11)7-13(18)19)10-2-1-3-12(16)14(10)17/h1-6H,7H2,(H,18,19). The van der Waals surface area contributed by atoms with Crippen LogP contribution in [0.5, 0.6) is 0 Å². The van der Waals surface area contributed by atoms with E-state index in [9.17, 15) is 13.6 Å². The third-order valence-corrected chi connectivity index (χ3v) is 3.01. The Balaban J connectivity index is 2.44. The lowest BCUT2D eigenvalue weighted by Gasteiger charge is -2.07. The van der Waals surface area contributed by atoms with Crippen LogP contribution in [0.1, 0.15) is 5.56 Å². The number of halogens is 3. The van der Waals surface area contributed by atoms with E-state index >= 15 is 0 Å². The minimum absolute atomic E-state index is 0.0868. The van der Waals surface area contributed by atoms with Crippen molar-refractivity contribution >= 4 is 17.6 Å². The molecule has 2 nitrogen and oxygen atoms in total. The summed E-state index contributed by atoms with van der Waals surface area (Å²) in [4.78, 5) is 10.6. The Morgan fingerprint density at radius 2 is 1.95 bits per heavy atom. The van der Waals surface area contributed by atoms with Crippen molar-refractivity contribution in [3.8, 4) is 11.1 Å². The molecular weight excluding hydrogens is 274 g/mol. The highest BCUT2D eigenvalue weighted by atomic mass is 35.5. The van der Waals surface area contributed by atoms with Crippen LogP contribution in [-0.4, -0.2) is 11.1 Å². The first-order chi connectivity index (χ1) is 8.99. The highest BCUT2D eigenvalue weighted by Gasteiger charge is 2.12. The van der Waals surface area contributed by atoms with Crippen molar-refractivity contribution in [2.45, 2.75) is 6.42 Å². The van der Waals surface area contributed by atoms with Crippen LogP contribution >= 0.6 is 11.6 Å². The maximum absolute atomic E-state index is 13.6. The zero-order chi connectivity index (χ0) is 14.0. The predicted octanol–water partition coefficient (Wildman–Crippen LogP) is 3.91. The lowest BCUT2D eigenvalue weighted by molar-refractivity contribution is -0.136. The van der Waals surface area contributed by atoms with E-state index in [1.165, 1.54) is 30.3 Å². The molecule has 0 aliphatic rings. The van der Waals surface area contributed by atoms with Crippen LogP contribution in [-0.2, 0) is 11.2 Å². The molecule has 0 radical (unpaired) electrons. The molecule has 0 amide bonds. The van der Waals surface area contributed by atoms with Crippen LogP contribution in [0.25, 0.3) is 11.1 Å². The van der Waals surface area contributed by atoms with E-state index in [0.29, 0.717) is 11.1 Å². The minimum atomic E-state index is -1.01. The molecule has 0 saturated carbocycles. The lowest BCUT2D eigenvalue weighted by atomic mass is 10.0. The normalized spacial score (nSPS) is 10.5. The second kappa shape index (κ2) is 5.36. The second-order valence-electron chi connectivity index (χ2n) is 3.98. The van der Waals surface area contributed by atoms with Crippen molar-refractivity contribution in [2.75, 3.05) is 0 Å². The van der Waals surface area contributed by atoms with E-state index in [4.69, 9.17) is 16.7 Å². The molecule has 2 aromatic carbocycles. The number of carboxylic acids is 1. The fourth-order valence-electron chi connectivity index (χ4n) is 1.75. The Kier molecular flexibility index (Phi) is 3.81. The number of carboxylic acid groups (broad SMARTS) is 1. The molecule has 1 N–H and O–H groups in total. The quantitative estimate of drug-likeness (QED) is 0.926. The maximum atomic E-state index is 13.6. The van der Waals surface area contributed by atoms with Crippen molar-refractivity contribution < 1.29 is 18.7 Å². The van der Waals surface area contributed by atoms with E-state index in [-0.39, 0.29) is 17.0 Å². The van der Waals surface area contributed by atoms with Gasteiger partial charge in [0, 0.05) is 10.6 Å². The molecule has 2 aromatic rings. The number of rotatable bonds is 3. The molecule has 0 spiro atoms. The van der Waals surface area contributed by atoms with Crippen LogP contribution in [0, 0.1) is 11.6 Å². The SMILES string of the molecule is O=C(O)Cc1ccc(-c2cccc(F)c2F)cc1Cl. The van der Waals surface area contributed by atoms with Gasteiger partial charge < -0.3 is 5.11 Å². The molecule has 0 heterocycles. The highest BCUT2D eigenvalue weighted by Crippen LogP contribution is 2.28. The van der Waals surface area contributed by atoms with Crippen molar-refractivity contribution in [3.63, 3.8) is 0 Å². The van der Waals surface area contributed by atoms with E-state index in [0.717, 1.165) is 6.07 Å². The van der Waals surface area contributed by atoms with Crippen molar-refractivity contribution in [3.05, 3.63) is 58.6 Å². The van der Waals surface area contributed by atoms with Gasteiger partial charge in [0.05, 0.1) is 6.42 Å². The molecule has 0 fully saturated rings. The first-order valence-electron chi connectivity index (χ1n) is 5.43. The van der Waals surface area contributed by atoms with Crippen molar-refractivity contribution in [2.24, 2.45) is 0 Å². The van der Waals surface area contributed by atoms with Gasteiger partial charge in [-0.05, 0) is 23.3 Å². The summed E-state index contributed by atoms with van der Waals surface area (Å²) in [5.74, 6) is -2.90. The third kappa shape index (κ3) is 2.90. The monoisotopic (exact) mass is 282 g/mol. The number of carbonyl (C=O) groups is 1. The maximum Gasteiger partial charge on any atom is 0.307 e. The summed E-state index contributed by atoms with van der Waals surface area (Å²) in [6.45, 7) is 0. The summed E-state index contributed by atoms with van der Waals surface area (Å²) < 4.78 is 26.7. The number of hydrogen-bond acceptors (Lipinski definition) is 1. The molecule has 0 unspecified atom stereocenters. The fraction of sp³-hybridized carbons (Fsp3) is 0.0714. The van der Waals surface area contributed by atoms with Crippen LogP contribution < -0.4 is 0 Å². The molecule has 0 saturated heterocycles. The van der Waals surface area contributed by atoms with Crippen LogP contribution in [0.4, 0.5) is 8.78 Å². The van der Waals surface area contributed by atoms with Gasteiger partial charge in [0.1, 0.15) is 0 Å². The topological polar surface area (TPSA) is 37.3 Å². The summed E-state index contributed by atoms with van der Waals surface area (Å²) in [6.07, 6.45) is -0.218. The smallest absolute Gasteiger partial charge is 0.307 e. The van der Waals surface area contributed by atoms with E-state index in [1.807, 2.05) is 0 Å². The van der Waals surface area contributed by atoms with Crippen LogP contribution in [0.2, 0.25) is 5.02 Å². The summed E-state index contributed by atoms with van der Waals surface area (Å²) in [5.41, 5.74) is 0.912. The predicted molar refractivity (Wildman–Crippen MR) is 68.1 cm³/mol. The van der Waals surface area contributed by atoms with Gasteiger partial charge in [0.25, 0.3) is 0 Å². The molecule has 0 aromatic heterocycles. The minimum Gasteiger partial charge on any atom is -0.481 e. The Morgan fingerprint density at radius 3 is 2.58 bits per heavy atom. The number of benzene rings is 2. The van der Waals surface area contributed by atoms with Crippen molar-refractivity contribution in [1.82, 2.24) is 0 Å². The highest BCUT2D eigenvalue weighted by molar-refractivity contribution is 6.31. The molecule has 19 heavy (non-hydrogen) atoms. The molecule has 0 bridgehead atoms. The molecule has 2 rings (SSSR count). The lowest BCUT2D eigenvalue weighted by Crippen LogP contribution is -2.00. The Hall–Kier alpha value is -1.94. The van der Waals surface area contributed by atoms with Crippen molar-refractivity contribution in [1.29, 1.82) is 0 Å². The van der Waals surface area contributed by atoms with Crippen LogP contribution in [0.3, 0.4) is 0 Å². The van der Waals surface area contributed by atoms with Gasteiger partial charge in [-0.1, -0.05) is 35.9 Å². The van der Waals surface area contributed by atoms with Gasteiger partial charge in [-0.3, -0.25) is 4.79 Å². The summed E-state index contributed by atoms with van der Waals surface area (Å²) >= 11 is 5.94. The number of aliphatic carboxylic acids is 1. The Morgan fingerprint density at radius 1 is 1.21 bits per heavy atom. The first kappa shape index (κ1) is 13.5. The first-order valence-corrected chi connectivity index (χ1v) is 5.81. The van der Waals surface area contributed by atoms with E-state index in [2.05, 4.69) is 0 Å². The molecule has 0 aliphatic carbocycles. The van der Waals surface area contributed by atoms with Gasteiger partial charge >= 0.3 is 5.97 Å². The van der Waals surface area contributed by atoms with Gasteiger partial charge in [0.15, 0.2) is 11.6 Å². The Bertz CT molecular complexity index is 641. The number of hydrogen-bond donors (Lipinski definition) is 1. The molecule has 0 aliphatic heterocycles. The largest absolute Gasteiger partial charge is 0.481 e. The van der Waals surface area contributed by atoms with E-state index in [1.54, 1.807) is 0 Å². The van der Waals surface area contributed by atoms with Gasteiger partial charge in [-0.25, -0.2) is 8.78 Å². The zero-order valence-electron chi connectivity index (χ0n) is 9.66. The molecule has 0 atom stereocenters. The summed E-state index contributed by atoms with van der Waals surface area (Å²) in [7, 11) is 0. The van der Waals surface area contributed by atoms with Gasteiger partial charge in [-0.2, -0.15) is 0 Å². The second-order valence-corrected chi connectivity index (χ2v) is 4.39.